The lowest BCUT2D eigenvalue weighted by molar-refractivity contribution is 0.201. The molecule has 2 atom stereocenters. The second-order valence-corrected chi connectivity index (χ2v) is 8.87. The zero-order valence-corrected chi connectivity index (χ0v) is 14.5. The van der Waals surface area contributed by atoms with Gasteiger partial charge in [-0.25, -0.2) is 0 Å². The summed E-state index contributed by atoms with van der Waals surface area (Å²) in [5.41, 5.74) is 5.33. The molecule has 0 amide bonds. The first-order chi connectivity index (χ1) is 10.7. The average molecular weight is 310 g/mol. The van der Waals surface area contributed by atoms with E-state index < -0.39 is 0 Å². The quantitative estimate of drug-likeness (QED) is 0.747. The highest BCUT2D eigenvalue weighted by Crippen LogP contribution is 2.68. The van der Waals surface area contributed by atoms with Gasteiger partial charge in [0.05, 0.1) is 6.10 Å². The van der Waals surface area contributed by atoms with Crippen molar-refractivity contribution in [2.24, 2.45) is 5.41 Å². The van der Waals surface area contributed by atoms with E-state index >= 15 is 0 Å². The number of rotatable bonds is 0. The Balaban J connectivity index is 2.04. The smallest absolute Gasteiger partial charge is 0.115 e. The molecule has 4 rings (SSSR count). The van der Waals surface area contributed by atoms with E-state index in [9.17, 15) is 10.2 Å². The topological polar surface area (TPSA) is 40.5 Å². The molecular weight excluding hydrogens is 284 g/mol. The number of fused-ring (bicyclic) bond motifs is 4. The summed E-state index contributed by atoms with van der Waals surface area (Å²) in [6, 6.07) is 5.87. The molecule has 0 unspecified atom stereocenters. The lowest BCUT2D eigenvalue weighted by Gasteiger charge is -2.41. The maximum Gasteiger partial charge on any atom is 0.115 e. The van der Waals surface area contributed by atoms with Crippen LogP contribution in [0.4, 0.5) is 0 Å². The van der Waals surface area contributed by atoms with Crippen molar-refractivity contribution in [3.63, 3.8) is 0 Å². The predicted octanol–water partition coefficient (Wildman–Crippen LogP) is 4.36. The van der Waals surface area contributed by atoms with Crippen molar-refractivity contribution in [3.8, 4) is 5.75 Å². The van der Waals surface area contributed by atoms with E-state index in [2.05, 4.69) is 45.9 Å². The third kappa shape index (κ3) is 1.79. The van der Waals surface area contributed by atoms with Crippen molar-refractivity contribution >= 4 is 0 Å². The summed E-state index contributed by atoms with van der Waals surface area (Å²) in [4.78, 5) is 0. The van der Waals surface area contributed by atoms with Crippen LogP contribution in [0, 0.1) is 5.41 Å². The van der Waals surface area contributed by atoms with Crippen molar-refractivity contribution in [2.75, 3.05) is 0 Å². The van der Waals surface area contributed by atoms with Gasteiger partial charge in [-0.3, -0.25) is 0 Å². The zero-order valence-electron chi connectivity index (χ0n) is 14.5. The van der Waals surface area contributed by atoms with Crippen LogP contribution in [0.2, 0.25) is 0 Å². The molecule has 0 aliphatic heterocycles. The van der Waals surface area contributed by atoms with Crippen LogP contribution in [0.3, 0.4) is 0 Å². The largest absolute Gasteiger partial charge is 0.508 e. The Bertz CT molecular complexity index is 751. The summed E-state index contributed by atoms with van der Waals surface area (Å²) in [6.07, 6.45) is 6.72. The van der Waals surface area contributed by atoms with Gasteiger partial charge in [-0.05, 0) is 64.5 Å². The van der Waals surface area contributed by atoms with Gasteiger partial charge in [0.1, 0.15) is 5.75 Å². The average Bonchev–Trinajstić information content (AvgIpc) is 2.81. The Morgan fingerprint density at radius 2 is 1.83 bits per heavy atom. The number of aromatic hydroxyl groups is 1. The van der Waals surface area contributed by atoms with Crippen molar-refractivity contribution in [1.82, 2.24) is 0 Å². The van der Waals surface area contributed by atoms with Crippen LogP contribution in [0.5, 0.6) is 5.75 Å². The summed E-state index contributed by atoms with van der Waals surface area (Å²) in [7, 11) is 0. The first-order valence-corrected chi connectivity index (χ1v) is 8.61. The molecule has 1 spiro atoms. The molecular formula is C21H26O2. The number of hydrogen-bond donors (Lipinski definition) is 2. The maximum atomic E-state index is 10.2. The SMILES string of the molecule is CC1(C)C[C@]2(C3=C[C@H](O)CC=C3CC2(C)C)c2cc(O)ccc21. The molecule has 2 nitrogen and oxygen atoms in total. The molecule has 0 radical (unpaired) electrons. The van der Waals surface area contributed by atoms with E-state index in [-0.39, 0.29) is 22.3 Å². The van der Waals surface area contributed by atoms with Gasteiger partial charge in [0.2, 0.25) is 0 Å². The summed E-state index contributed by atoms with van der Waals surface area (Å²) >= 11 is 0. The minimum atomic E-state index is -0.385. The molecule has 0 aromatic heterocycles. The molecule has 0 bridgehead atoms. The van der Waals surface area contributed by atoms with Gasteiger partial charge in [0.25, 0.3) is 0 Å². The Morgan fingerprint density at radius 3 is 2.57 bits per heavy atom. The predicted molar refractivity (Wildman–Crippen MR) is 92.6 cm³/mol. The van der Waals surface area contributed by atoms with E-state index in [0.29, 0.717) is 5.75 Å². The zero-order chi connectivity index (χ0) is 16.6. The number of allylic oxidation sites excluding steroid dienone is 2. The molecule has 3 aliphatic rings. The highest BCUT2D eigenvalue weighted by atomic mass is 16.3. The third-order valence-corrected chi connectivity index (χ3v) is 6.46. The van der Waals surface area contributed by atoms with Crippen LogP contribution in [0.15, 0.2) is 41.5 Å². The molecule has 2 heteroatoms. The molecule has 3 aliphatic carbocycles. The van der Waals surface area contributed by atoms with Gasteiger partial charge in [0, 0.05) is 5.41 Å². The number of benzene rings is 1. The molecule has 1 fully saturated rings. The lowest BCUT2D eigenvalue weighted by atomic mass is 9.61. The molecule has 122 valence electrons. The first-order valence-electron chi connectivity index (χ1n) is 8.61. The fourth-order valence-corrected chi connectivity index (χ4v) is 5.49. The van der Waals surface area contributed by atoms with E-state index in [4.69, 9.17) is 0 Å². The van der Waals surface area contributed by atoms with Crippen LogP contribution in [0.25, 0.3) is 0 Å². The summed E-state index contributed by atoms with van der Waals surface area (Å²) < 4.78 is 0. The van der Waals surface area contributed by atoms with Crippen LogP contribution >= 0.6 is 0 Å². The number of aliphatic hydroxyl groups is 1. The van der Waals surface area contributed by atoms with Gasteiger partial charge in [-0.15, -0.1) is 0 Å². The molecule has 23 heavy (non-hydrogen) atoms. The molecule has 2 N–H and O–H groups in total. The normalized spacial score (nSPS) is 33.2. The summed E-state index contributed by atoms with van der Waals surface area (Å²) in [5.74, 6) is 0.339. The highest BCUT2D eigenvalue weighted by Gasteiger charge is 2.61. The molecule has 0 saturated heterocycles. The number of aliphatic hydroxyl groups excluding tert-OH is 1. The van der Waals surface area contributed by atoms with Crippen molar-refractivity contribution in [1.29, 1.82) is 0 Å². The Morgan fingerprint density at radius 1 is 1.09 bits per heavy atom. The number of hydrogen-bond acceptors (Lipinski definition) is 2. The van der Waals surface area contributed by atoms with Gasteiger partial charge in [-0.2, -0.15) is 0 Å². The van der Waals surface area contributed by atoms with Crippen molar-refractivity contribution < 1.29 is 10.2 Å². The second kappa shape index (κ2) is 4.30. The lowest BCUT2D eigenvalue weighted by Crippen LogP contribution is -2.38. The second-order valence-electron chi connectivity index (χ2n) is 8.87. The third-order valence-electron chi connectivity index (χ3n) is 6.46. The van der Waals surface area contributed by atoms with Crippen LogP contribution in [0.1, 0.15) is 58.1 Å². The van der Waals surface area contributed by atoms with E-state index in [0.717, 1.165) is 19.3 Å². The standard InChI is InChI=1S/C21H26O2/c1-19(2)12-21(18-10-15(23)7-8-16(18)19)17-9-14(22)6-5-13(17)11-20(21,3)4/h5,7-10,14,22-23H,6,11-12H2,1-4H3/t14-,21+/m1/s1. The van der Waals surface area contributed by atoms with Crippen LogP contribution in [-0.2, 0) is 10.8 Å². The van der Waals surface area contributed by atoms with Gasteiger partial charge >= 0.3 is 0 Å². The van der Waals surface area contributed by atoms with Gasteiger partial charge in [-0.1, -0.05) is 45.9 Å². The first kappa shape index (κ1) is 15.0. The summed E-state index contributed by atoms with van der Waals surface area (Å²) in [6.45, 7) is 9.29. The van der Waals surface area contributed by atoms with Crippen molar-refractivity contribution in [3.05, 3.63) is 52.6 Å². The fourth-order valence-electron chi connectivity index (χ4n) is 5.49. The minimum absolute atomic E-state index is 0.0684. The van der Waals surface area contributed by atoms with Crippen LogP contribution < -0.4 is 0 Å². The Kier molecular flexibility index (Phi) is 2.81. The molecule has 1 aromatic carbocycles. The van der Waals surface area contributed by atoms with Crippen molar-refractivity contribution in [2.45, 2.75) is 63.9 Å². The fraction of sp³-hybridized carbons (Fsp3) is 0.524. The van der Waals surface area contributed by atoms with E-state index in [1.165, 1.54) is 22.3 Å². The number of phenolic OH excluding ortho intramolecular Hbond substituents is 1. The van der Waals surface area contributed by atoms with E-state index in [1.54, 1.807) is 0 Å². The van der Waals surface area contributed by atoms with Crippen LogP contribution in [-0.4, -0.2) is 16.3 Å². The maximum absolute atomic E-state index is 10.2. The molecule has 1 aromatic rings. The minimum Gasteiger partial charge on any atom is -0.508 e. The van der Waals surface area contributed by atoms with Gasteiger partial charge in [0.15, 0.2) is 0 Å². The Labute approximate surface area is 138 Å². The van der Waals surface area contributed by atoms with E-state index in [1.807, 2.05) is 12.1 Å². The Hall–Kier alpha value is -1.54. The number of phenols is 1. The van der Waals surface area contributed by atoms with Gasteiger partial charge < -0.3 is 10.2 Å². The molecule has 1 saturated carbocycles. The monoisotopic (exact) mass is 310 g/mol. The summed E-state index contributed by atoms with van der Waals surface area (Å²) in [5, 5.41) is 20.4. The highest BCUT2D eigenvalue weighted by molar-refractivity contribution is 5.63. The molecule has 0 heterocycles.